The van der Waals surface area contributed by atoms with E-state index in [-0.39, 0.29) is 42.3 Å². The lowest BCUT2D eigenvalue weighted by molar-refractivity contribution is -0.244. The van der Waals surface area contributed by atoms with Crippen molar-refractivity contribution in [3.63, 3.8) is 0 Å². The molecule has 240 valence electrons. The Morgan fingerprint density at radius 3 is 2.53 bits per heavy atom. The summed E-state index contributed by atoms with van der Waals surface area (Å²) in [7, 11) is 0. The first-order valence-corrected chi connectivity index (χ1v) is 17.9. The zero-order chi connectivity index (χ0) is 29.9. The number of fused-ring (bicyclic) bond motifs is 4. The number of carboxylic acids is 1. The van der Waals surface area contributed by atoms with E-state index in [1.54, 1.807) is 0 Å². The number of carboxylic acid groups (broad SMARTS) is 1. The van der Waals surface area contributed by atoms with Crippen molar-refractivity contribution in [1.29, 1.82) is 0 Å². The van der Waals surface area contributed by atoms with E-state index in [1.165, 1.54) is 51.4 Å². The van der Waals surface area contributed by atoms with E-state index in [4.69, 9.17) is 14.2 Å². The Kier molecular flexibility index (Phi) is 6.74. The number of nitrogens with zero attached hydrogens (tertiary/aromatic N) is 1. The SMILES string of the molecule is C[C@@H]1CC(CC(=O)O)OC2CC3C4CCC5C(C)(C)C(OC6CN(C(=O)CC7CC7)CCO6)CCC56CC46CCC3(C)C21. The summed E-state index contributed by atoms with van der Waals surface area (Å²) >= 11 is 0. The largest absolute Gasteiger partial charge is 0.481 e. The second kappa shape index (κ2) is 9.91. The van der Waals surface area contributed by atoms with Gasteiger partial charge in [-0.05, 0) is 128 Å². The molecule has 8 fully saturated rings. The maximum absolute atomic E-state index is 12.8. The first kappa shape index (κ1) is 29.2. The van der Waals surface area contributed by atoms with Crippen LogP contribution in [0.3, 0.4) is 0 Å². The molecule has 0 bridgehead atoms. The van der Waals surface area contributed by atoms with Gasteiger partial charge in [0.05, 0.1) is 37.9 Å². The summed E-state index contributed by atoms with van der Waals surface area (Å²) in [4.78, 5) is 26.3. The van der Waals surface area contributed by atoms with Gasteiger partial charge in [-0.2, -0.15) is 0 Å². The van der Waals surface area contributed by atoms with E-state index in [2.05, 4.69) is 27.7 Å². The van der Waals surface area contributed by atoms with Gasteiger partial charge in [-0.25, -0.2) is 0 Å². The van der Waals surface area contributed by atoms with Gasteiger partial charge in [0, 0.05) is 13.0 Å². The number of carbonyl (C=O) groups is 2. The lowest BCUT2D eigenvalue weighted by atomic mass is 9.46. The summed E-state index contributed by atoms with van der Waals surface area (Å²) in [6, 6.07) is 0. The molecular weight excluding hydrogens is 542 g/mol. The molecular formula is C36H55NO6. The predicted octanol–water partition coefficient (Wildman–Crippen LogP) is 6.28. The fourth-order valence-electron chi connectivity index (χ4n) is 13.3. The molecule has 1 N–H and O–H groups in total. The molecule has 8 rings (SSSR count). The monoisotopic (exact) mass is 597 g/mol. The third kappa shape index (κ3) is 4.36. The molecule has 6 saturated carbocycles. The van der Waals surface area contributed by atoms with Crippen LogP contribution in [0.15, 0.2) is 0 Å². The van der Waals surface area contributed by atoms with Crippen molar-refractivity contribution < 1.29 is 28.9 Å². The summed E-state index contributed by atoms with van der Waals surface area (Å²) in [5.41, 5.74) is 1.34. The fourth-order valence-corrected chi connectivity index (χ4v) is 13.3. The summed E-state index contributed by atoms with van der Waals surface area (Å²) in [5.74, 6) is 3.43. The highest BCUT2D eigenvalue weighted by atomic mass is 16.7. The molecule has 7 nitrogen and oxygen atoms in total. The minimum Gasteiger partial charge on any atom is -0.481 e. The Bertz CT molecular complexity index is 1150. The van der Waals surface area contributed by atoms with E-state index in [9.17, 15) is 14.7 Å². The van der Waals surface area contributed by atoms with Crippen LogP contribution >= 0.6 is 0 Å². The van der Waals surface area contributed by atoms with Gasteiger partial charge in [-0.15, -0.1) is 0 Å². The molecule has 2 saturated heterocycles. The van der Waals surface area contributed by atoms with Gasteiger partial charge in [-0.3, -0.25) is 9.59 Å². The molecule has 43 heavy (non-hydrogen) atoms. The highest BCUT2D eigenvalue weighted by Crippen LogP contribution is 2.87. The first-order valence-electron chi connectivity index (χ1n) is 17.9. The van der Waals surface area contributed by atoms with Gasteiger partial charge >= 0.3 is 5.97 Å². The van der Waals surface area contributed by atoms with Crippen LogP contribution in [0.25, 0.3) is 0 Å². The highest BCUT2D eigenvalue weighted by Gasteiger charge is 2.81. The van der Waals surface area contributed by atoms with E-state index in [0.717, 1.165) is 25.2 Å². The molecule has 7 heteroatoms. The van der Waals surface area contributed by atoms with Crippen molar-refractivity contribution >= 4 is 11.9 Å². The Hall–Kier alpha value is -1.18. The fraction of sp³-hybridized carbons (Fsp3) is 0.944. The molecule has 12 atom stereocenters. The normalized spacial score (nSPS) is 51.3. The smallest absolute Gasteiger partial charge is 0.305 e. The summed E-state index contributed by atoms with van der Waals surface area (Å²) in [5, 5.41) is 9.46. The molecule has 2 spiro atoms. The van der Waals surface area contributed by atoms with Gasteiger partial charge < -0.3 is 24.2 Å². The summed E-state index contributed by atoms with van der Waals surface area (Å²) in [6.45, 7) is 11.8. The molecule has 11 unspecified atom stereocenters. The van der Waals surface area contributed by atoms with Crippen molar-refractivity contribution in [2.24, 2.45) is 57.2 Å². The van der Waals surface area contributed by atoms with Crippen LogP contribution < -0.4 is 0 Å². The number of carbonyl (C=O) groups excluding carboxylic acids is 1. The molecule has 0 aromatic heterocycles. The zero-order valence-corrected chi connectivity index (χ0v) is 27.0. The number of amides is 1. The van der Waals surface area contributed by atoms with Crippen LogP contribution in [0.2, 0.25) is 0 Å². The number of aliphatic carboxylic acids is 1. The third-order valence-corrected chi connectivity index (χ3v) is 15.2. The number of rotatable bonds is 6. The minimum atomic E-state index is -0.730. The van der Waals surface area contributed by atoms with Crippen molar-refractivity contribution in [3.8, 4) is 0 Å². The molecule has 2 heterocycles. The zero-order valence-electron chi connectivity index (χ0n) is 27.0. The van der Waals surface area contributed by atoms with Crippen molar-refractivity contribution in [3.05, 3.63) is 0 Å². The minimum absolute atomic E-state index is 0.0858. The molecule has 0 aromatic carbocycles. The summed E-state index contributed by atoms with van der Waals surface area (Å²) < 4.78 is 19.5. The second-order valence-electron chi connectivity index (χ2n) is 17.5. The van der Waals surface area contributed by atoms with Crippen LogP contribution in [0.4, 0.5) is 0 Å². The average Bonchev–Trinajstić information content (AvgIpc) is 3.85. The molecule has 2 aliphatic heterocycles. The molecule has 0 aromatic rings. The number of hydrogen-bond donors (Lipinski definition) is 1. The maximum atomic E-state index is 12.8. The van der Waals surface area contributed by atoms with Gasteiger partial charge in [0.1, 0.15) is 0 Å². The van der Waals surface area contributed by atoms with Crippen LogP contribution in [-0.4, -0.2) is 66.2 Å². The average molecular weight is 598 g/mol. The van der Waals surface area contributed by atoms with E-state index in [0.29, 0.717) is 72.0 Å². The lowest BCUT2D eigenvalue weighted by Crippen LogP contribution is -2.56. The van der Waals surface area contributed by atoms with Crippen molar-refractivity contribution in [2.75, 3.05) is 19.7 Å². The lowest BCUT2D eigenvalue weighted by Gasteiger charge is -2.60. The van der Waals surface area contributed by atoms with Crippen LogP contribution in [0.5, 0.6) is 0 Å². The standard InChI is InChI=1S/C36H55NO6/c1-21-15-23(17-30(39)40)42-26-18-25-24-7-8-27-33(2,3)28(43-31-19-37(13-14-41-31)29(38)16-22-5-6-22)9-10-36(27)20-35(24,36)12-11-34(25,4)32(21)26/h21-28,31-32H,5-20H2,1-4H3,(H,39,40)/t21-,23?,24?,25?,26?,27?,28?,31?,32?,34?,35?,36?/m1/s1. The highest BCUT2D eigenvalue weighted by molar-refractivity contribution is 5.76. The first-order chi connectivity index (χ1) is 20.5. The Morgan fingerprint density at radius 1 is 0.953 bits per heavy atom. The molecule has 0 radical (unpaired) electrons. The Morgan fingerprint density at radius 2 is 1.77 bits per heavy atom. The van der Waals surface area contributed by atoms with Crippen LogP contribution in [-0.2, 0) is 23.8 Å². The van der Waals surface area contributed by atoms with Gasteiger partial charge in [0.2, 0.25) is 5.91 Å². The quantitative estimate of drug-likeness (QED) is 0.388. The van der Waals surface area contributed by atoms with Gasteiger partial charge in [0.25, 0.3) is 0 Å². The predicted molar refractivity (Wildman–Crippen MR) is 161 cm³/mol. The maximum Gasteiger partial charge on any atom is 0.305 e. The number of hydrogen-bond acceptors (Lipinski definition) is 5. The summed E-state index contributed by atoms with van der Waals surface area (Å²) in [6.07, 6.45) is 14.3. The Labute approximate surface area is 258 Å². The topological polar surface area (TPSA) is 85.3 Å². The van der Waals surface area contributed by atoms with Crippen molar-refractivity contribution in [2.45, 2.75) is 136 Å². The van der Waals surface area contributed by atoms with Crippen LogP contribution in [0.1, 0.15) is 111 Å². The third-order valence-electron chi connectivity index (χ3n) is 15.2. The molecule has 1 amide bonds. The van der Waals surface area contributed by atoms with Gasteiger partial charge in [0.15, 0.2) is 6.29 Å². The number of ether oxygens (including phenoxy) is 3. The van der Waals surface area contributed by atoms with Crippen LogP contribution in [0, 0.1) is 57.2 Å². The van der Waals surface area contributed by atoms with E-state index >= 15 is 0 Å². The number of morpholine rings is 1. The second-order valence-corrected chi connectivity index (χ2v) is 17.5. The van der Waals surface area contributed by atoms with Gasteiger partial charge in [-0.1, -0.05) is 27.7 Å². The molecule has 8 aliphatic rings. The van der Waals surface area contributed by atoms with E-state index in [1.807, 2.05) is 4.90 Å². The van der Waals surface area contributed by atoms with E-state index < -0.39 is 5.97 Å². The Balaban J connectivity index is 0.965. The van der Waals surface area contributed by atoms with Crippen molar-refractivity contribution in [1.82, 2.24) is 4.90 Å². The molecule has 6 aliphatic carbocycles.